The SMILES string of the molecule is CCOc1cc(C=C2N=C(c3cccc(OC(F)F)c3)OC2=O)cc(Cl)c1OC. The van der Waals surface area contributed by atoms with E-state index < -0.39 is 12.6 Å². The molecule has 0 atom stereocenters. The molecule has 1 heterocycles. The number of esters is 1. The van der Waals surface area contributed by atoms with Crippen molar-refractivity contribution in [3.63, 3.8) is 0 Å². The van der Waals surface area contributed by atoms with Crippen molar-refractivity contribution in [3.05, 3.63) is 58.2 Å². The molecular formula is C20H16ClF2NO5. The molecule has 6 nitrogen and oxygen atoms in total. The summed E-state index contributed by atoms with van der Waals surface area (Å²) in [6.45, 7) is -0.753. The summed E-state index contributed by atoms with van der Waals surface area (Å²) in [6.07, 6.45) is 1.47. The number of rotatable bonds is 7. The zero-order valence-electron chi connectivity index (χ0n) is 15.4. The quantitative estimate of drug-likeness (QED) is 0.477. The zero-order chi connectivity index (χ0) is 21.0. The smallest absolute Gasteiger partial charge is 0.387 e. The van der Waals surface area contributed by atoms with E-state index in [0.29, 0.717) is 34.3 Å². The van der Waals surface area contributed by atoms with Gasteiger partial charge in [-0.15, -0.1) is 0 Å². The van der Waals surface area contributed by atoms with Gasteiger partial charge in [-0.3, -0.25) is 0 Å². The number of benzene rings is 2. The third kappa shape index (κ3) is 4.83. The number of hydrogen-bond donors (Lipinski definition) is 0. The van der Waals surface area contributed by atoms with E-state index >= 15 is 0 Å². The number of aliphatic imine (C=N–C) groups is 1. The van der Waals surface area contributed by atoms with E-state index in [-0.39, 0.29) is 17.3 Å². The van der Waals surface area contributed by atoms with Gasteiger partial charge in [0.25, 0.3) is 0 Å². The standard InChI is InChI=1S/C20H16ClF2NO5/c1-3-27-16-9-11(7-14(21)17(16)26-2)8-15-19(25)29-18(24-15)12-5-4-6-13(10-12)28-20(22)23/h4-10,20H,3H2,1-2H3. The maximum Gasteiger partial charge on any atom is 0.387 e. The van der Waals surface area contributed by atoms with Gasteiger partial charge in [-0.1, -0.05) is 17.7 Å². The van der Waals surface area contributed by atoms with Gasteiger partial charge in [0.15, 0.2) is 17.2 Å². The Bertz CT molecular complexity index is 991. The van der Waals surface area contributed by atoms with E-state index in [1.807, 2.05) is 6.92 Å². The largest absolute Gasteiger partial charge is 0.491 e. The maximum absolute atomic E-state index is 12.4. The first kappa shape index (κ1) is 20.6. The molecule has 2 aromatic carbocycles. The molecule has 9 heteroatoms. The highest BCUT2D eigenvalue weighted by atomic mass is 35.5. The molecule has 0 aliphatic carbocycles. The predicted molar refractivity (Wildman–Crippen MR) is 103 cm³/mol. The van der Waals surface area contributed by atoms with E-state index in [4.69, 9.17) is 25.8 Å². The molecule has 0 saturated heterocycles. The van der Waals surface area contributed by atoms with Crippen molar-refractivity contribution < 1.29 is 32.5 Å². The molecule has 0 aromatic heterocycles. The van der Waals surface area contributed by atoms with Gasteiger partial charge in [0.1, 0.15) is 5.75 Å². The maximum atomic E-state index is 12.4. The third-order valence-electron chi connectivity index (χ3n) is 3.77. The summed E-state index contributed by atoms with van der Waals surface area (Å²) in [5, 5.41) is 0.303. The topological polar surface area (TPSA) is 66.3 Å². The second-order valence-corrected chi connectivity index (χ2v) is 6.12. The average Bonchev–Trinajstić information content (AvgIpc) is 3.02. The van der Waals surface area contributed by atoms with Gasteiger partial charge in [0, 0.05) is 5.56 Å². The van der Waals surface area contributed by atoms with E-state index in [1.54, 1.807) is 18.2 Å². The monoisotopic (exact) mass is 423 g/mol. The van der Waals surface area contributed by atoms with Crippen molar-refractivity contribution in [2.45, 2.75) is 13.5 Å². The highest BCUT2D eigenvalue weighted by Crippen LogP contribution is 2.37. The van der Waals surface area contributed by atoms with Crippen molar-refractivity contribution in [2.24, 2.45) is 4.99 Å². The molecule has 0 fully saturated rings. The summed E-state index contributed by atoms with van der Waals surface area (Å²) < 4.78 is 45.0. The van der Waals surface area contributed by atoms with E-state index in [9.17, 15) is 13.6 Å². The third-order valence-corrected chi connectivity index (χ3v) is 4.05. The molecule has 0 spiro atoms. The van der Waals surface area contributed by atoms with Crippen LogP contribution in [0.1, 0.15) is 18.1 Å². The Kier molecular flexibility index (Phi) is 6.33. The zero-order valence-corrected chi connectivity index (χ0v) is 16.2. The summed E-state index contributed by atoms with van der Waals surface area (Å²) in [6, 6.07) is 8.96. The van der Waals surface area contributed by atoms with Crippen LogP contribution in [-0.4, -0.2) is 32.2 Å². The predicted octanol–water partition coefficient (Wildman–Crippen LogP) is 4.69. The van der Waals surface area contributed by atoms with Gasteiger partial charge in [0.05, 0.1) is 18.7 Å². The fourth-order valence-electron chi connectivity index (χ4n) is 2.63. The number of halogens is 3. The Balaban J connectivity index is 1.93. The van der Waals surface area contributed by atoms with E-state index in [1.165, 1.54) is 31.4 Å². The Morgan fingerprint density at radius 2 is 2.07 bits per heavy atom. The lowest BCUT2D eigenvalue weighted by atomic mass is 10.1. The Labute approximate surface area is 170 Å². The van der Waals surface area contributed by atoms with Crippen LogP contribution in [0.5, 0.6) is 17.2 Å². The van der Waals surface area contributed by atoms with Crippen LogP contribution in [0, 0.1) is 0 Å². The number of nitrogens with zero attached hydrogens (tertiary/aromatic N) is 1. The molecule has 29 heavy (non-hydrogen) atoms. The molecule has 0 radical (unpaired) electrons. The van der Waals surface area contributed by atoms with Crippen molar-refractivity contribution in [2.75, 3.05) is 13.7 Å². The van der Waals surface area contributed by atoms with Gasteiger partial charge in [-0.25, -0.2) is 9.79 Å². The van der Waals surface area contributed by atoms with E-state index in [2.05, 4.69) is 9.73 Å². The van der Waals surface area contributed by atoms with Crippen LogP contribution in [0.3, 0.4) is 0 Å². The lowest BCUT2D eigenvalue weighted by molar-refractivity contribution is -0.129. The number of ether oxygens (including phenoxy) is 4. The highest BCUT2D eigenvalue weighted by Gasteiger charge is 2.25. The summed E-state index contributed by atoms with van der Waals surface area (Å²) >= 11 is 6.21. The van der Waals surface area contributed by atoms with Gasteiger partial charge >= 0.3 is 12.6 Å². The van der Waals surface area contributed by atoms with Crippen LogP contribution in [0.2, 0.25) is 5.02 Å². The molecule has 0 amide bonds. The number of carbonyl (C=O) groups excluding carboxylic acids is 1. The Hall–Kier alpha value is -3.13. The first-order valence-corrected chi connectivity index (χ1v) is 8.87. The number of carbonyl (C=O) groups is 1. The highest BCUT2D eigenvalue weighted by molar-refractivity contribution is 6.32. The van der Waals surface area contributed by atoms with Crippen LogP contribution < -0.4 is 14.2 Å². The van der Waals surface area contributed by atoms with Crippen LogP contribution in [0.15, 0.2) is 47.1 Å². The molecule has 0 saturated carbocycles. The average molecular weight is 424 g/mol. The molecule has 2 aromatic rings. The minimum absolute atomic E-state index is 0.0175. The summed E-state index contributed by atoms with van der Waals surface area (Å²) in [5.74, 6) is 0.0131. The van der Waals surface area contributed by atoms with Crippen LogP contribution in [0.25, 0.3) is 6.08 Å². The number of alkyl halides is 2. The summed E-state index contributed by atoms with van der Waals surface area (Å²) in [7, 11) is 1.47. The lowest BCUT2D eigenvalue weighted by Gasteiger charge is -2.11. The fraction of sp³-hybridized carbons (Fsp3) is 0.200. The summed E-state index contributed by atoms with van der Waals surface area (Å²) in [5.41, 5.74) is 0.887. The minimum atomic E-state index is -2.96. The van der Waals surface area contributed by atoms with Crippen molar-refractivity contribution in [1.82, 2.24) is 0 Å². The molecule has 0 unspecified atom stereocenters. The first-order chi connectivity index (χ1) is 13.9. The summed E-state index contributed by atoms with van der Waals surface area (Å²) in [4.78, 5) is 16.3. The second kappa shape index (κ2) is 8.91. The Morgan fingerprint density at radius 3 is 2.76 bits per heavy atom. The van der Waals surface area contributed by atoms with Gasteiger partial charge in [-0.05, 0) is 48.9 Å². The molecule has 3 rings (SSSR count). The van der Waals surface area contributed by atoms with E-state index in [0.717, 1.165) is 0 Å². The van der Waals surface area contributed by atoms with Crippen molar-refractivity contribution in [3.8, 4) is 17.2 Å². The number of methoxy groups -OCH3 is 1. The van der Waals surface area contributed by atoms with Gasteiger partial charge in [-0.2, -0.15) is 8.78 Å². The van der Waals surface area contributed by atoms with Crippen molar-refractivity contribution >= 4 is 29.5 Å². The van der Waals surface area contributed by atoms with Crippen molar-refractivity contribution in [1.29, 1.82) is 0 Å². The molecule has 152 valence electrons. The number of hydrogen-bond acceptors (Lipinski definition) is 6. The minimum Gasteiger partial charge on any atom is -0.491 e. The van der Waals surface area contributed by atoms with Gasteiger partial charge < -0.3 is 18.9 Å². The molecule has 1 aliphatic rings. The van der Waals surface area contributed by atoms with Gasteiger partial charge in [0.2, 0.25) is 5.90 Å². The van der Waals surface area contributed by atoms with Crippen LogP contribution in [0.4, 0.5) is 8.78 Å². The second-order valence-electron chi connectivity index (χ2n) is 5.71. The number of cyclic esters (lactones) is 1. The lowest BCUT2D eigenvalue weighted by Crippen LogP contribution is -2.07. The van der Waals surface area contributed by atoms with Crippen LogP contribution in [-0.2, 0) is 9.53 Å². The molecular weight excluding hydrogens is 408 g/mol. The fourth-order valence-corrected chi connectivity index (χ4v) is 2.92. The molecule has 1 aliphatic heterocycles. The molecule has 0 bridgehead atoms. The molecule has 0 N–H and O–H groups in total. The Morgan fingerprint density at radius 1 is 1.28 bits per heavy atom. The first-order valence-electron chi connectivity index (χ1n) is 8.49. The van der Waals surface area contributed by atoms with Crippen LogP contribution >= 0.6 is 11.6 Å². The normalized spacial score (nSPS) is 14.8.